The first-order valence-electron chi connectivity index (χ1n) is 12.3. The quantitative estimate of drug-likeness (QED) is 0.531. The number of aliphatic hydroxyl groups excluding tert-OH is 3. The molecule has 0 amide bonds. The van der Waals surface area contributed by atoms with Crippen molar-refractivity contribution in [2.75, 3.05) is 0 Å². The summed E-state index contributed by atoms with van der Waals surface area (Å²) in [5.41, 5.74) is 3.69. The molecule has 0 radical (unpaired) electrons. The zero-order valence-electron chi connectivity index (χ0n) is 19.6. The summed E-state index contributed by atoms with van der Waals surface area (Å²) in [6.07, 6.45) is 12.4. The molecule has 7 atom stereocenters. The van der Waals surface area contributed by atoms with Gasteiger partial charge in [-0.25, -0.2) is 0 Å². The molecule has 3 fully saturated rings. The minimum absolute atomic E-state index is 0.180. The second-order valence-electron chi connectivity index (χ2n) is 11.0. The zero-order valence-corrected chi connectivity index (χ0v) is 19.6. The van der Waals surface area contributed by atoms with E-state index < -0.39 is 12.2 Å². The molecule has 3 aliphatic rings. The molecule has 3 nitrogen and oxygen atoms in total. The normalized spacial score (nSPS) is 39.5. The summed E-state index contributed by atoms with van der Waals surface area (Å²) in [4.78, 5) is 0. The van der Waals surface area contributed by atoms with Crippen LogP contribution in [-0.4, -0.2) is 33.6 Å². The maximum Gasteiger partial charge on any atom is 0.0811 e. The van der Waals surface area contributed by atoms with Gasteiger partial charge in [0.2, 0.25) is 0 Å². The van der Waals surface area contributed by atoms with E-state index in [2.05, 4.69) is 46.4 Å². The van der Waals surface area contributed by atoms with Crippen molar-refractivity contribution < 1.29 is 15.3 Å². The van der Waals surface area contributed by atoms with Gasteiger partial charge in [-0.3, -0.25) is 0 Å². The Morgan fingerprint density at radius 2 is 1.87 bits per heavy atom. The molecule has 170 valence electrons. The van der Waals surface area contributed by atoms with Crippen molar-refractivity contribution in [2.45, 2.75) is 104 Å². The van der Waals surface area contributed by atoms with Crippen molar-refractivity contribution >= 4 is 0 Å². The molecule has 3 saturated carbocycles. The van der Waals surface area contributed by atoms with E-state index in [0.29, 0.717) is 36.0 Å². The summed E-state index contributed by atoms with van der Waals surface area (Å²) in [6, 6.07) is 0. The van der Waals surface area contributed by atoms with Crippen LogP contribution in [0.25, 0.3) is 0 Å². The first-order valence-corrected chi connectivity index (χ1v) is 12.3. The van der Waals surface area contributed by atoms with E-state index in [-0.39, 0.29) is 6.10 Å². The summed E-state index contributed by atoms with van der Waals surface area (Å²) in [6.45, 7) is 13.2. The maximum absolute atomic E-state index is 10.3. The molecule has 3 N–H and O–H groups in total. The molecule has 0 aromatic rings. The average molecular weight is 417 g/mol. The smallest absolute Gasteiger partial charge is 0.0811 e. The molecule has 3 rings (SSSR count). The van der Waals surface area contributed by atoms with Gasteiger partial charge in [-0.15, -0.1) is 0 Å². The Morgan fingerprint density at radius 3 is 2.57 bits per heavy atom. The van der Waals surface area contributed by atoms with Crippen LogP contribution in [-0.2, 0) is 0 Å². The molecule has 0 heterocycles. The van der Waals surface area contributed by atoms with Crippen molar-refractivity contribution in [3.05, 3.63) is 35.5 Å². The van der Waals surface area contributed by atoms with Gasteiger partial charge in [0.25, 0.3) is 0 Å². The topological polar surface area (TPSA) is 60.7 Å². The molecule has 0 unspecified atom stereocenters. The van der Waals surface area contributed by atoms with Gasteiger partial charge in [0.15, 0.2) is 0 Å². The summed E-state index contributed by atoms with van der Waals surface area (Å²) in [7, 11) is 0. The van der Waals surface area contributed by atoms with E-state index in [0.717, 1.165) is 36.3 Å². The lowest BCUT2D eigenvalue weighted by Gasteiger charge is -2.44. The predicted octanol–water partition coefficient (Wildman–Crippen LogP) is 5.56. The Kier molecular flexibility index (Phi) is 7.69. The van der Waals surface area contributed by atoms with Gasteiger partial charge in [0.1, 0.15) is 0 Å². The lowest BCUT2D eigenvalue weighted by molar-refractivity contribution is 0.0717. The van der Waals surface area contributed by atoms with Gasteiger partial charge in [-0.1, -0.05) is 52.0 Å². The largest absolute Gasteiger partial charge is 0.393 e. The molecule has 30 heavy (non-hydrogen) atoms. The van der Waals surface area contributed by atoms with Gasteiger partial charge in [0.05, 0.1) is 18.3 Å². The van der Waals surface area contributed by atoms with Crippen LogP contribution in [0.15, 0.2) is 35.5 Å². The Bertz CT molecular complexity index is 676. The highest BCUT2D eigenvalue weighted by atomic mass is 16.3. The van der Waals surface area contributed by atoms with Crippen molar-refractivity contribution in [3.8, 4) is 0 Å². The summed E-state index contributed by atoms with van der Waals surface area (Å²) in [5, 5.41) is 30.4. The van der Waals surface area contributed by atoms with Crippen molar-refractivity contribution in [3.63, 3.8) is 0 Å². The third kappa shape index (κ3) is 4.95. The molecule has 0 aromatic heterocycles. The molecule has 0 spiro atoms. The summed E-state index contributed by atoms with van der Waals surface area (Å²) in [5.74, 6) is 2.35. The van der Waals surface area contributed by atoms with Crippen LogP contribution in [0, 0.1) is 29.1 Å². The Hall–Kier alpha value is -0.900. The van der Waals surface area contributed by atoms with Crippen LogP contribution in [0.2, 0.25) is 0 Å². The minimum atomic E-state index is -0.618. The van der Waals surface area contributed by atoms with Crippen molar-refractivity contribution in [2.24, 2.45) is 29.1 Å². The Morgan fingerprint density at radius 1 is 1.13 bits per heavy atom. The maximum atomic E-state index is 10.3. The molecule has 0 aromatic carbocycles. The highest BCUT2D eigenvalue weighted by Gasteiger charge is 2.50. The fraction of sp³-hybridized carbons (Fsp3) is 0.778. The number of fused-ring (bicyclic) bond motifs is 1. The zero-order chi connectivity index (χ0) is 22.1. The first kappa shape index (κ1) is 23.8. The van der Waals surface area contributed by atoms with Crippen LogP contribution in [0.3, 0.4) is 0 Å². The number of allylic oxidation sites excluding steroid dienone is 3. The van der Waals surface area contributed by atoms with Crippen molar-refractivity contribution in [1.82, 2.24) is 0 Å². The van der Waals surface area contributed by atoms with Crippen LogP contribution < -0.4 is 0 Å². The van der Waals surface area contributed by atoms with Crippen LogP contribution >= 0.6 is 0 Å². The van der Waals surface area contributed by atoms with Crippen LogP contribution in [0.1, 0.15) is 85.5 Å². The molecular formula is C27H44O3. The van der Waals surface area contributed by atoms with Crippen molar-refractivity contribution in [1.29, 1.82) is 0 Å². The highest BCUT2D eigenvalue weighted by molar-refractivity contribution is 5.38. The second-order valence-corrected chi connectivity index (χ2v) is 11.0. The van der Waals surface area contributed by atoms with E-state index in [1.54, 1.807) is 5.57 Å². The van der Waals surface area contributed by atoms with E-state index in [9.17, 15) is 15.3 Å². The van der Waals surface area contributed by atoms with E-state index in [1.807, 2.05) is 0 Å². The van der Waals surface area contributed by atoms with E-state index in [4.69, 9.17) is 0 Å². The summed E-state index contributed by atoms with van der Waals surface area (Å²) < 4.78 is 0. The number of hydrogen-bond donors (Lipinski definition) is 3. The second kappa shape index (κ2) is 9.71. The van der Waals surface area contributed by atoms with Gasteiger partial charge in [-0.05, 0) is 91.6 Å². The molecule has 3 aliphatic carbocycles. The lowest BCUT2D eigenvalue weighted by atomic mass is 9.60. The van der Waals surface area contributed by atoms with Gasteiger partial charge >= 0.3 is 0 Å². The molecular weight excluding hydrogens is 372 g/mol. The number of hydrogen-bond acceptors (Lipinski definition) is 3. The van der Waals surface area contributed by atoms with Crippen LogP contribution in [0.5, 0.6) is 0 Å². The standard InChI is InChI=1S/C27H44O3/c1-17(2)25(29)13-8-18(3)23-11-12-24-20(7-6-14-27(23,24)5)9-10-21-15-22(28)16-26(30)19(21)4/h9-10,17-18,22-26,28-30H,4,6-8,11-16H2,1-3,5H3/t18-,22-,23-,24+,25-,26+,27-/m1/s1. The van der Waals surface area contributed by atoms with Gasteiger partial charge in [-0.2, -0.15) is 0 Å². The van der Waals surface area contributed by atoms with Crippen LogP contribution in [0.4, 0.5) is 0 Å². The fourth-order valence-electron chi connectivity index (χ4n) is 6.65. The molecule has 3 heteroatoms. The monoisotopic (exact) mass is 416 g/mol. The predicted molar refractivity (Wildman–Crippen MR) is 124 cm³/mol. The third-order valence-corrected chi connectivity index (χ3v) is 8.68. The Balaban J connectivity index is 1.72. The highest BCUT2D eigenvalue weighted by Crippen LogP contribution is 2.60. The molecule has 0 aliphatic heterocycles. The Labute approximate surface area is 184 Å². The van der Waals surface area contributed by atoms with E-state index >= 15 is 0 Å². The SMILES string of the molecule is C=C1C(=CC=C2CCC[C@]3(C)[C@@H]([C@H](C)CC[C@@H](O)C(C)C)CC[C@@H]23)C[C@@H](O)C[C@@H]1O. The number of rotatable bonds is 6. The molecule has 0 saturated heterocycles. The lowest BCUT2D eigenvalue weighted by Crippen LogP contribution is -2.36. The van der Waals surface area contributed by atoms with Gasteiger partial charge in [0, 0.05) is 6.42 Å². The third-order valence-electron chi connectivity index (χ3n) is 8.68. The average Bonchev–Trinajstić information content (AvgIpc) is 3.04. The summed E-state index contributed by atoms with van der Waals surface area (Å²) >= 11 is 0. The number of aliphatic hydroxyl groups is 3. The van der Waals surface area contributed by atoms with Gasteiger partial charge < -0.3 is 15.3 Å². The first-order chi connectivity index (χ1) is 14.1. The molecule has 0 bridgehead atoms. The fourth-order valence-corrected chi connectivity index (χ4v) is 6.65. The van der Waals surface area contributed by atoms with E-state index in [1.165, 1.54) is 25.7 Å². The minimum Gasteiger partial charge on any atom is -0.393 e.